The summed E-state index contributed by atoms with van der Waals surface area (Å²) in [6, 6.07) is 2.24. The zero-order valence-corrected chi connectivity index (χ0v) is 8.73. The smallest absolute Gasteiger partial charge is 0.255 e. The summed E-state index contributed by atoms with van der Waals surface area (Å²) >= 11 is 5.52. The molecule has 0 aliphatic rings. The largest absolute Gasteiger partial charge is 0.397 e. The normalized spacial score (nSPS) is 10.8. The molecule has 0 atom stereocenters. The fraction of sp³-hybridized carbons (Fsp3) is 0.333. The van der Waals surface area contributed by atoms with Gasteiger partial charge in [-0.15, -0.1) is 0 Å². The van der Waals surface area contributed by atoms with Crippen molar-refractivity contribution < 1.29 is 13.2 Å². The van der Waals surface area contributed by atoms with E-state index >= 15 is 0 Å². The van der Waals surface area contributed by atoms with Crippen LogP contribution in [0.1, 0.15) is 0 Å². The van der Waals surface area contributed by atoms with E-state index in [-0.39, 0.29) is 10.7 Å². The number of rotatable bonds is 3. The van der Waals surface area contributed by atoms with E-state index in [0.717, 1.165) is 6.07 Å². The highest BCUT2D eigenvalue weighted by molar-refractivity contribution is 6.31. The van der Waals surface area contributed by atoms with E-state index in [4.69, 9.17) is 17.3 Å². The number of nitrogen functional groups attached to an aromatic ring is 1. The molecule has 0 aromatic heterocycles. The number of hydrogen-bond acceptors (Lipinski definition) is 2. The minimum atomic E-state index is -2.49. The number of benzene rings is 1. The van der Waals surface area contributed by atoms with E-state index in [2.05, 4.69) is 0 Å². The Bertz CT molecular complexity index is 357. The SMILES string of the molecule is CN(CC(F)F)c1cc(Cl)c(F)cc1N. The van der Waals surface area contributed by atoms with E-state index in [1.54, 1.807) is 0 Å². The highest BCUT2D eigenvalue weighted by atomic mass is 35.5. The predicted molar refractivity (Wildman–Crippen MR) is 55.1 cm³/mol. The van der Waals surface area contributed by atoms with Gasteiger partial charge in [0.25, 0.3) is 6.43 Å². The summed E-state index contributed by atoms with van der Waals surface area (Å²) in [5, 5.41) is -0.139. The first-order valence-corrected chi connectivity index (χ1v) is 4.53. The first-order valence-electron chi connectivity index (χ1n) is 4.15. The number of nitrogens with two attached hydrogens (primary N) is 1. The highest BCUT2D eigenvalue weighted by Crippen LogP contribution is 2.28. The first kappa shape index (κ1) is 12.0. The van der Waals surface area contributed by atoms with Gasteiger partial charge in [0, 0.05) is 13.1 Å². The monoisotopic (exact) mass is 238 g/mol. The lowest BCUT2D eigenvalue weighted by Crippen LogP contribution is -2.24. The lowest BCUT2D eigenvalue weighted by Gasteiger charge is -2.20. The van der Waals surface area contributed by atoms with Gasteiger partial charge in [0.05, 0.1) is 22.9 Å². The molecule has 0 heterocycles. The minimum Gasteiger partial charge on any atom is -0.397 e. The van der Waals surface area contributed by atoms with Crippen molar-refractivity contribution in [2.75, 3.05) is 24.2 Å². The zero-order chi connectivity index (χ0) is 11.6. The molecule has 0 aliphatic carbocycles. The van der Waals surface area contributed by atoms with Crippen molar-refractivity contribution in [1.29, 1.82) is 0 Å². The van der Waals surface area contributed by atoms with Crippen molar-refractivity contribution in [1.82, 2.24) is 0 Å². The molecule has 2 nitrogen and oxygen atoms in total. The van der Waals surface area contributed by atoms with Gasteiger partial charge in [0.15, 0.2) is 0 Å². The van der Waals surface area contributed by atoms with Crippen LogP contribution in [0.25, 0.3) is 0 Å². The molecule has 84 valence electrons. The molecule has 1 rings (SSSR count). The Hall–Kier alpha value is -1.10. The molecule has 0 saturated heterocycles. The lowest BCUT2D eigenvalue weighted by molar-refractivity contribution is 0.156. The highest BCUT2D eigenvalue weighted by Gasteiger charge is 2.13. The summed E-state index contributed by atoms with van der Waals surface area (Å²) in [6.07, 6.45) is -2.49. The van der Waals surface area contributed by atoms with Crippen molar-refractivity contribution in [3.8, 4) is 0 Å². The molecular formula is C9H10ClF3N2. The molecule has 15 heavy (non-hydrogen) atoms. The van der Waals surface area contributed by atoms with Crippen molar-refractivity contribution in [2.24, 2.45) is 0 Å². The van der Waals surface area contributed by atoms with Gasteiger partial charge in [-0.1, -0.05) is 11.6 Å². The second-order valence-corrected chi connectivity index (χ2v) is 3.50. The molecule has 0 radical (unpaired) electrons. The van der Waals surface area contributed by atoms with Crippen molar-refractivity contribution >= 4 is 23.0 Å². The van der Waals surface area contributed by atoms with Crippen LogP contribution in [0.3, 0.4) is 0 Å². The van der Waals surface area contributed by atoms with Crippen LogP contribution < -0.4 is 10.6 Å². The molecule has 1 aromatic carbocycles. The van der Waals surface area contributed by atoms with Crippen LogP contribution in [0, 0.1) is 5.82 Å². The van der Waals surface area contributed by atoms with Gasteiger partial charge < -0.3 is 10.6 Å². The third kappa shape index (κ3) is 2.92. The molecule has 0 amide bonds. The summed E-state index contributed by atoms with van der Waals surface area (Å²) in [7, 11) is 1.44. The van der Waals surface area contributed by atoms with Crippen LogP contribution >= 0.6 is 11.6 Å². The number of nitrogens with zero attached hydrogens (tertiary/aromatic N) is 1. The van der Waals surface area contributed by atoms with Crippen LogP contribution in [0.4, 0.5) is 24.5 Å². The van der Waals surface area contributed by atoms with Gasteiger partial charge in [-0.05, 0) is 6.07 Å². The van der Waals surface area contributed by atoms with Crippen molar-refractivity contribution in [3.05, 3.63) is 23.0 Å². The lowest BCUT2D eigenvalue weighted by atomic mass is 10.2. The molecule has 1 aromatic rings. The first-order chi connectivity index (χ1) is 6.91. The molecule has 0 unspecified atom stereocenters. The van der Waals surface area contributed by atoms with Crippen LogP contribution in [0.5, 0.6) is 0 Å². The van der Waals surface area contributed by atoms with Gasteiger partial charge in [0.1, 0.15) is 5.82 Å². The topological polar surface area (TPSA) is 29.3 Å². The van der Waals surface area contributed by atoms with Gasteiger partial charge in [-0.3, -0.25) is 0 Å². The summed E-state index contributed by atoms with van der Waals surface area (Å²) in [4.78, 5) is 1.23. The Morgan fingerprint density at radius 1 is 1.47 bits per heavy atom. The second kappa shape index (κ2) is 4.61. The van der Waals surface area contributed by atoms with Crippen molar-refractivity contribution in [2.45, 2.75) is 6.43 Å². The maximum absolute atomic E-state index is 12.9. The van der Waals surface area contributed by atoms with Crippen LogP contribution in [-0.4, -0.2) is 20.0 Å². The Morgan fingerprint density at radius 3 is 2.60 bits per heavy atom. The van der Waals surface area contributed by atoms with Gasteiger partial charge in [-0.25, -0.2) is 13.2 Å². The standard InChI is InChI=1S/C9H10ClF3N2/c1-15(4-9(12)13)8-2-5(10)6(11)3-7(8)14/h2-3,9H,4,14H2,1H3. The number of anilines is 2. The fourth-order valence-corrected chi connectivity index (χ4v) is 1.35. The zero-order valence-electron chi connectivity index (χ0n) is 7.98. The number of hydrogen-bond donors (Lipinski definition) is 1. The summed E-state index contributed by atoms with van der Waals surface area (Å²) in [6.45, 7) is -0.480. The third-order valence-electron chi connectivity index (χ3n) is 1.89. The van der Waals surface area contributed by atoms with Crippen LogP contribution in [0.2, 0.25) is 5.02 Å². The summed E-state index contributed by atoms with van der Waals surface area (Å²) < 4.78 is 37.1. The van der Waals surface area contributed by atoms with E-state index in [0.29, 0.717) is 5.69 Å². The van der Waals surface area contributed by atoms with Gasteiger partial charge in [0.2, 0.25) is 0 Å². The molecule has 2 N–H and O–H groups in total. The van der Waals surface area contributed by atoms with Crippen LogP contribution in [-0.2, 0) is 0 Å². The number of halogens is 4. The quantitative estimate of drug-likeness (QED) is 0.821. The third-order valence-corrected chi connectivity index (χ3v) is 2.18. The molecular weight excluding hydrogens is 229 g/mol. The van der Waals surface area contributed by atoms with E-state index in [1.165, 1.54) is 18.0 Å². The Balaban J connectivity index is 2.98. The number of alkyl halides is 2. The average Bonchev–Trinajstić information content (AvgIpc) is 2.09. The Labute approximate surface area is 90.4 Å². The summed E-state index contributed by atoms with van der Waals surface area (Å²) in [5.74, 6) is -0.664. The van der Waals surface area contributed by atoms with Crippen LogP contribution in [0.15, 0.2) is 12.1 Å². The molecule has 0 bridgehead atoms. The molecule has 0 saturated carbocycles. The molecule has 0 fully saturated rings. The van der Waals surface area contributed by atoms with Crippen molar-refractivity contribution in [3.63, 3.8) is 0 Å². The van der Waals surface area contributed by atoms with Gasteiger partial charge >= 0.3 is 0 Å². The predicted octanol–water partition coefficient (Wildman–Crippen LogP) is 2.76. The Kier molecular flexibility index (Phi) is 3.68. The van der Waals surface area contributed by atoms with E-state index < -0.39 is 18.8 Å². The molecule has 0 aliphatic heterocycles. The van der Waals surface area contributed by atoms with Gasteiger partial charge in [-0.2, -0.15) is 0 Å². The minimum absolute atomic E-state index is 0.0834. The molecule has 6 heteroatoms. The molecule has 0 spiro atoms. The van der Waals surface area contributed by atoms with E-state index in [9.17, 15) is 13.2 Å². The Morgan fingerprint density at radius 2 is 2.07 bits per heavy atom. The van der Waals surface area contributed by atoms with E-state index in [1.807, 2.05) is 0 Å². The second-order valence-electron chi connectivity index (χ2n) is 3.10. The fourth-order valence-electron chi connectivity index (χ4n) is 1.19. The maximum atomic E-state index is 12.9. The summed E-state index contributed by atoms with van der Waals surface area (Å²) in [5.41, 5.74) is 5.86. The average molecular weight is 239 g/mol. The maximum Gasteiger partial charge on any atom is 0.255 e.